The fraction of sp³-hybridized carbons (Fsp3) is 0.200. The van der Waals surface area contributed by atoms with Gasteiger partial charge in [-0.1, -0.05) is 12.1 Å². The number of hydrogen-bond acceptors (Lipinski definition) is 9. The van der Waals surface area contributed by atoms with Gasteiger partial charge in [0.15, 0.2) is 12.2 Å². The number of nitrogens with zero attached hydrogens (tertiary/aromatic N) is 5. The van der Waals surface area contributed by atoms with Gasteiger partial charge in [0.2, 0.25) is 5.96 Å². The molecule has 0 saturated carbocycles. The van der Waals surface area contributed by atoms with Gasteiger partial charge in [0.1, 0.15) is 16.5 Å². The Morgan fingerprint density at radius 1 is 1.30 bits per heavy atom. The zero-order chi connectivity index (χ0) is 23.5. The second kappa shape index (κ2) is 8.90. The lowest BCUT2D eigenvalue weighted by molar-refractivity contribution is -0.402. The van der Waals surface area contributed by atoms with Crippen molar-refractivity contribution in [1.82, 2.24) is 20.5 Å². The number of aliphatic imine (C=N–C) groups is 1. The summed E-state index contributed by atoms with van der Waals surface area (Å²) in [6, 6.07) is 7.12. The Bertz CT molecular complexity index is 1170. The summed E-state index contributed by atoms with van der Waals surface area (Å²) in [6.07, 6.45) is 3.57. The molecular weight excluding hydrogens is 437 g/mol. The highest BCUT2D eigenvalue weighted by Gasteiger charge is 2.48. The molecule has 2 N–H and O–H groups in total. The van der Waals surface area contributed by atoms with Gasteiger partial charge in [0, 0.05) is 19.8 Å². The Kier molecular flexibility index (Phi) is 5.85. The van der Waals surface area contributed by atoms with E-state index >= 15 is 0 Å². The number of allylic oxidation sites excluding steroid dienone is 1. The SMILES string of the molecule is CN1C(=O)NC(=O)C2C1N=C(N/N=C/C=C/c1ccc([N+](=O)[O-])o1)N2Cc1ccc(F)cc1. The summed E-state index contributed by atoms with van der Waals surface area (Å²) in [7, 11) is 1.52. The van der Waals surface area contributed by atoms with E-state index in [1.54, 1.807) is 17.0 Å². The van der Waals surface area contributed by atoms with Crippen LogP contribution in [0.3, 0.4) is 0 Å². The summed E-state index contributed by atoms with van der Waals surface area (Å²) in [6.45, 7) is 0.212. The van der Waals surface area contributed by atoms with Crippen LogP contribution in [-0.4, -0.2) is 58.1 Å². The molecule has 0 radical (unpaired) electrons. The first-order valence-corrected chi connectivity index (χ1v) is 9.70. The van der Waals surface area contributed by atoms with Crippen LogP contribution in [-0.2, 0) is 11.3 Å². The number of imide groups is 1. The van der Waals surface area contributed by atoms with Crippen LogP contribution in [0.25, 0.3) is 6.08 Å². The molecule has 170 valence electrons. The highest BCUT2D eigenvalue weighted by molar-refractivity contribution is 6.03. The molecule has 1 aromatic carbocycles. The first kappa shape index (κ1) is 21.7. The lowest BCUT2D eigenvalue weighted by atomic mass is 10.1. The number of nitrogens with one attached hydrogen (secondary N) is 2. The van der Waals surface area contributed by atoms with Crippen molar-refractivity contribution < 1.29 is 23.3 Å². The average molecular weight is 455 g/mol. The third kappa shape index (κ3) is 4.56. The summed E-state index contributed by atoms with van der Waals surface area (Å²) < 4.78 is 18.3. The number of nitro groups is 1. The van der Waals surface area contributed by atoms with Crippen LogP contribution in [0.2, 0.25) is 0 Å². The first-order chi connectivity index (χ1) is 15.8. The lowest BCUT2D eigenvalue weighted by Crippen LogP contribution is -2.63. The van der Waals surface area contributed by atoms with E-state index in [2.05, 4.69) is 20.8 Å². The van der Waals surface area contributed by atoms with Crippen LogP contribution in [0, 0.1) is 15.9 Å². The second-order valence-corrected chi connectivity index (χ2v) is 7.15. The Morgan fingerprint density at radius 2 is 2.06 bits per heavy atom. The molecule has 0 spiro atoms. The number of rotatable bonds is 6. The highest BCUT2D eigenvalue weighted by atomic mass is 19.1. The standard InChI is InChI=1S/C20H18FN7O5/c1-26-17-16(18(29)24-20(26)30)27(11-12-4-6-13(21)7-5-12)19(23-17)25-22-10-2-3-14-8-9-15(33-14)28(31)32/h2-10,16-17H,11H2,1H3,(H,23,25)(H,24,29,30)/b3-2+,22-10+. The monoisotopic (exact) mass is 455 g/mol. The maximum atomic E-state index is 13.3. The van der Waals surface area contributed by atoms with E-state index in [-0.39, 0.29) is 30.0 Å². The van der Waals surface area contributed by atoms with Gasteiger partial charge < -0.3 is 14.2 Å². The number of furan rings is 1. The van der Waals surface area contributed by atoms with Gasteiger partial charge in [-0.3, -0.25) is 20.2 Å². The van der Waals surface area contributed by atoms with Crippen molar-refractivity contribution in [2.24, 2.45) is 10.1 Å². The molecule has 2 unspecified atom stereocenters. The number of hydrogen-bond donors (Lipinski definition) is 2. The maximum absolute atomic E-state index is 13.3. The van der Waals surface area contributed by atoms with E-state index in [1.165, 1.54) is 54.6 Å². The van der Waals surface area contributed by atoms with Crippen molar-refractivity contribution in [1.29, 1.82) is 0 Å². The Morgan fingerprint density at radius 3 is 2.76 bits per heavy atom. The van der Waals surface area contributed by atoms with Crippen LogP contribution in [0.15, 0.2) is 57.0 Å². The van der Waals surface area contributed by atoms with Crippen molar-refractivity contribution in [2.75, 3.05) is 7.05 Å². The number of guanidine groups is 1. The number of fused-ring (bicyclic) bond motifs is 1. The summed E-state index contributed by atoms with van der Waals surface area (Å²) >= 11 is 0. The van der Waals surface area contributed by atoms with E-state index < -0.39 is 29.1 Å². The highest BCUT2D eigenvalue weighted by Crippen LogP contribution is 2.25. The van der Waals surface area contributed by atoms with Crippen molar-refractivity contribution in [3.05, 3.63) is 69.7 Å². The van der Waals surface area contributed by atoms with E-state index in [0.717, 1.165) is 5.56 Å². The fourth-order valence-electron chi connectivity index (χ4n) is 3.38. The molecule has 2 aliphatic heterocycles. The quantitative estimate of drug-likeness (QED) is 0.383. The van der Waals surface area contributed by atoms with E-state index in [1.807, 2.05) is 0 Å². The molecule has 4 rings (SSSR count). The molecule has 2 aliphatic rings. The average Bonchev–Trinajstić information content (AvgIpc) is 3.39. The maximum Gasteiger partial charge on any atom is 0.433 e. The second-order valence-electron chi connectivity index (χ2n) is 7.15. The molecule has 1 saturated heterocycles. The van der Waals surface area contributed by atoms with E-state index in [0.29, 0.717) is 0 Å². The molecule has 1 aromatic heterocycles. The molecule has 13 heteroatoms. The van der Waals surface area contributed by atoms with Gasteiger partial charge in [0.25, 0.3) is 5.91 Å². The summed E-state index contributed by atoms with van der Waals surface area (Å²) in [4.78, 5) is 41.9. The van der Waals surface area contributed by atoms with Crippen LogP contribution < -0.4 is 10.7 Å². The van der Waals surface area contributed by atoms with Gasteiger partial charge >= 0.3 is 11.9 Å². The third-order valence-electron chi connectivity index (χ3n) is 5.01. The smallest absolute Gasteiger partial charge is 0.401 e. The molecule has 3 amide bonds. The number of urea groups is 1. The van der Waals surface area contributed by atoms with E-state index in [4.69, 9.17) is 4.42 Å². The van der Waals surface area contributed by atoms with Gasteiger partial charge in [0.05, 0.1) is 6.07 Å². The molecule has 0 bridgehead atoms. The fourth-order valence-corrected chi connectivity index (χ4v) is 3.38. The topological polar surface area (TPSA) is 146 Å². The molecule has 2 aromatic rings. The zero-order valence-electron chi connectivity index (χ0n) is 17.2. The minimum atomic E-state index is -0.797. The van der Waals surface area contributed by atoms with Crippen molar-refractivity contribution >= 4 is 36.1 Å². The summed E-state index contributed by atoms with van der Waals surface area (Å²) in [5.41, 5.74) is 3.47. The Balaban J connectivity index is 1.50. The zero-order valence-corrected chi connectivity index (χ0v) is 17.2. The molecule has 2 atom stereocenters. The minimum absolute atomic E-state index is 0.212. The van der Waals surface area contributed by atoms with Crippen molar-refractivity contribution in [3.8, 4) is 0 Å². The predicted molar refractivity (Wildman–Crippen MR) is 114 cm³/mol. The molecule has 12 nitrogen and oxygen atoms in total. The van der Waals surface area contributed by atoms with Crippen molar-refractivity contribution in [3.63, 3.8) is 0 Å². The number of carbonyl (C=O) groups excluding carboxylic acids is 2. The van der Waals surface area contributed by atoms with Crippen LogP contribution in [0.5, 0.6) is 0 Å². The lowest BCUT2D eigenvalue weighted by Gasteiger charge is -2.36. The number of amides is 3. The molecular formula is C20H18FN7O5. The largest absolute Gasteiger partial charge is 0.433 e. The van der Waals surface area contributed by atoms with Crippen molar-refractivity contribution in [2.45, 2.75) is 18.8 Å². The Labute approximate surface area is 186 Å². The number of benzene rings is 1. The number of carbonyl (C=O) groups is 2. The number of halogens is 1. The molecule has 3 heterocycles. The van der Waals surface area contributed by atoms with Gasteiger partial charge in [-0.2, -0.15) is 5.10 Å². The van der Waals surface area contributed by atoms with Gasteiger partial charge in [-0.15, -0.1) is 0 Å². The normalized spacial score (nSPS) is 20.4. The van der Waals surface area contributed by atoms with E-state index in [9.17, 15) is 24.1 Å². The molecule has 1 fully saturated rings. The van der Waals surface area contributed by atoms with Gasteiger partial charge in [-0.05, 0) is 35.9 Å². The summed E-state index contributed by atoms with van der Waals surface area (Å²) in [5, 5.41) is 17.0. The first-order valence-electron chi connectivity index (χ1n) is 9.70. The Hall–Kier alpha value is -4.55. The minimum Gasteiger partial charge on any atom is -0.401 e. The number of likely N-dealkylation sites (N-methyl/N-ethyl adjacent to an activating group) is 1. The molecule has 0 aliphatic carbocycles. The molecule has 33 heavy (non-hydrogen) atoms. The van der Waals surface area contributed by atoms with Crippen LogP contribution in [0.1, 0.15) is 11.3 Å². The van der Waals surface area contributed by atoms with Gasteiger partial charge in [-0.25, -0.2) is 19.6 Å². The number of hydrazone groups is 1. The van der Waals surface area contributed by atoms with Crippen LogP contribution in [0.4, 0.5) is 15.1 Å². The summed E-state index contributed by atoms with van der Waals surface area (Å²) in [5.74, 6) is -0.754. The van der Waals surface area contributed by atoms with Crippen LogP contribution >= 0.6 is 0 Å². The third-order valence-corrected chi connectivity index (χ3v) is 5.01. The predicted octanol–water partition coefficient (Wildman–Crippen LogP) is 1.66.